The summed E-state index contributed by atoms with van der Waals surface area (Å²) in [5.41, 5.74) is 10.4. The second kappa shape index (κ2) is 4.13. The number of anilines is 1. The molecule has 0 aliphatic heterocycles. The minimum Gasteiger partial charge on any atom is -0.366 e. The molecule has 0 saturated carbocycles. The molecule has 1 aromatic heterocycles. The smallest absolute Gasteiger partial charge is 0.253 e. The molecule has 4 N–H and O–H groups in total. The number of carbonyl (C=O) groups excluding carboxylic acids is 1. The summed E-state index contributed by atoms with van der Waals surface area (Å²) in [6, 6.07) is 4.06. The molecule has 0 spiro atoms. The topological polar surface area (TPSA) is 99.8 Å². The van der Waals surface area contributed by atoms with Gasteiger partial charge in [0.25, 0.3) is 5.91 Å². The van der Waals surface area contributed by atoms with Crippen LogP contribution < -0.4 is 11.5 Å². The van der Waals surface area contributed by atoms with Crippen molar-refractivity contribution in [2.45, 2.75) is 0 Å². The van der Waals surface area contributed by atoms with Crippen molar-refractivity contribution in [3.8, 4) is 5.69 Å². The fourth-order valence-corrected chi connectivity index (χ4v) is 1.85. The third-order valence-corrected chi connectivity index (χ3v) is 2.56. The molecule has 1 aromatic carbocycles. The molecule has 6 nitrogen and oxygen atoms in total. The lowest BCUT2D eigenvalue weighted by molar-refractivity contribution is 0.0996. The van der Waals surface area contributed by atoms with Gasteiger partial charge in [-0.25, -0.2) is 9.07 Å². The highest BCUT2D eigenvalue weighted by atomic mass is 79.9. The summed E-state index contributed by atoms with van der Waals surface area (Å²) in [7, 11) is 0. The van der Waals surface area contributed by atoms with Gasteiger partial charge in [-0.05, 0) is 28.1 Å². The Morgan fingerprint density at radius 3 is 2.71 bits per heavy atom. The number of benzene rings is 1. The molecular weight excluding hydrogens is 293 g/mol. The molecule has 1 heterocycles. The second-order valence-electron chi connectivity index (χ2n) is 3.15. The van der Waals surface area contributed by atoms with Crippen LogP contribution in [-0.4, -0.2) is 20.7 Å². The first-order valence-corrected chi connectivity index (χ1v) is 5.26. The van der Waals surface area contributed by atoms with Crippen molar-refractivity contribution in [2.75, 3.05) is 5.73 Å². The average molecular weight is 300 g/mol. The summed E-state index contributed by atoms with van der Waals surface area (Å²) in [5, 5.41) is 3.83. The number of nitrogens with zero attached hydrogens (tertiary/aromatic N) is 3. The van der Waals surface area contributed by atoms with Crippen molar-refractivity contribution in [2.24, 2.45) is 5.73 Å². The van der Waals surface area contributed by atoms with E-state index in [1.807, 2.05) is 0 Å². The zero-order valence-corrected chi connectivity index (χ0v) is 9.98. The van der Waals surface area contributed by atoms with Crippen LogP contribution in [0.4, 0.5) is 10.3 Å². The van der Waals surface area contributed by atoms with Crippen LogP contribution in [-0.2, 0) is 0 Å². The standard InChI is InChI=1S/C9H7BrFN5O/c10-8-14-9(13)15-16(8)5-3-1-2-4(11)6(5)7(12)17/h1-3H,(H2,12,17)(H2,13,15). The van der Waals surface area contributed by atoms with Gasteiger partial charge in [0.2, 0.25) is 10.7 Å². The minimum atomic E-state index is -0.890. The normalized spacial score (nSPS) is 10.5. The van der Waals surface area contributed by atoms with Crippen LogP contribution in [0.1, 0.15) is 10.4 Å². The van der Waals surface area contributed by atoms with Crippen LogP contribution in [0.3, 0.4) is 0 Å². The van der Waals surface area contributed by atoms with Crippen molar-refractivity contribution in [1.29, 1.82) is 0 Å². The number of hydrogen-bond acceptors (Lipinski definition) is 4. The summed E-state index contributed by atoms with van der Waals surface area (Å²) >= 11 is 3.10. The van der Waals surface area contributed by atoms with E-state index in [0.717, 1.165) is 6.07 Å². The lowest BCUT2D eigenvalue weighted by Crippen LogP contribution is -2.17. The van der Waals surface area contributed by atoms with Crippen molar-refractivity contribution in [1.82, 2.24) is 14.8 Å². The highest BCUT2D eigenvalue weighted by Crippen LogP contribution is 2.21. The molecule has 1 amide bonds. The minimum absolute atomic E-state index is 0.00319. The molecule has 2 aromatic rings. The number of nitrogens with two attached hydrogens (primary N) is 2. The third-order valence-electron chi connectivity index (χ3n) is 2.05. The maximum Gasteiger partial charge on any atom is 0.253 e. The van der Waals surface area contributed by atoms with E-state index in [1.54, 1.807) is 0 Å². The Bertz CT molecular complexity index is 597. The molecule has 17 heavy (non-hydrogen) atoms. The molecule has 0 unspecified atom stereocenters. The predicted octanol–water partition coefficient (Wildman–Crippen LogP) is 0.850. The Hall–Kier alpha value is -1.96. The van der Waals surface area contributed by atoms with E-state index < -0.39 is 11.7 Å². The summed E-state index contributed by atoms with van der Waals surface area (Å²) in [6.45, 7) is 0. The van der Waals surface area contributed by atoms with Crippen LogP contribution in [0.25, 0.3) is 5.69 Å². The largest absolute Gasteiger partial charge is 0.366 e. The number of amides is 1. The van der Waals surface area contributed by atoms with E-state index in [-0.39, 0.29) is 21.9 Å². The fourth-order valence-electron chi connectivity index (χ4n) is 1.39. The maximum absolute atomic E-state index is 13.5. The number of primary amides is 1. The molecule has 0 saturated heterocycles. The van der Waals surface area contributed by atoms with Crippen molar-refractivity contribution < 1.29 is 9.18 Å². The molecule has 0 atom stereocenters. The summed E-state index contributed by atoms with van der Waals surface area (Å²) in [4.78, 5) is 15.0. The number of nitrogen functional groups attached to an aromatic ring is 1. The molecule has 0 aliphatic carbocycles. The first-order valence-electron chi connectivity index (χ1n) is 4.47. The van der Waals surface area contributed by atoms with Gasteiger partial charge < -0.3 is 11.5 Å². The Labute approximate surface area is 104 Å². The highest BCUT2D eigenvalue weighted by molar-refractivity contribution is 9.10. The number of halogens is 2. The molecule has 8 heteroatoms. The zero-order chi connectivity index (χ0) is 12.6. The molecular formula is C9H7BrFN5O. The van der Waals surface area contributed by atoms with Crippen molar-refractivity contribution >= 4 is 27.8 Å². The SMILES string of the molecule is NC(=O)c1c(F)cccc1-n1nc(N)nc1Br. The van der Waals surface area contributed by atoms with Crippen LogP contribution in [0.5, 0.6) is 0 Å². The second-order valence-corrected chi connectivity index (χ2v) is 3.86. The predicted molar refractivity (Wildman–Crippen MR) is 61.9 cm³/mol. The number of rotatable bonds is 2. The maximum atomic E-state index is 13.5. The van der Waals surface area contributed by atoms with E-state index >= 15 is 0 Å². The van der Waals surface area contributed by atoms with Gasteiger partial charge in [-0.1, -0.05) is 6.07 Å². The first kappa shape index (κ1) is 11.5. The molecule has 88 valence electrons. The van der Waals surface area contributed by atoms with Gasteiger partial charge in [-0.3, -0.25) is 4.79 Å². The fraction of sp³-hybridized carbons (Fsp3) is 0. The zero-order valence-electron chi connectivity index (χ0n) is 8.39. The van der Waals surface area contributed by atoms with Gasteiger partial charge in [0.15, 0.2) is 0 Å². The van der Waals surface area contributed by atoms with E-state index in [0.29, 0.717) is 0 Å². The van der Waals surface area contributed by atoms with Crippen molar-refractivity contribution in [3.63, 3.8) is 0 Å². The lowest BCUT2D eigenvalue weighted by atomic mass is 10.1. The van der Waals surface area contributed by atoms with Gasteiger partial charge in [0.05, 0.1) is 5.69 Å². The molecule has 0 aliphatic rings. The van der Waals surface area contributed by atoms with Gasteiger partial charge in [0, 0.05) is 0 Å². The molecule has 0 radical (unpaired) electrons. The highest BCUT2D eigenvalue weighted by Gasteiger charge is 2.18. The van der Waals surface area contributed by atoms with Crippen LogP contribution >= 0.6 is 15.9 Å². The Balaban J connectivity index is 2.71. The van der Waals surface area contributed by atoms with E-state index in [4.69, 9.17) is 11.5 Å². The third kappa shape index (κ3) is 1.98. The average Bonchev–Trinajstić information content (AvgIpc) is 2.56. The molecule has 0 fully saturated rings. The van der Waals surface area contributed by atoms with E-state index in [1.165, 1.54) is 16.8 Å². The summed E-state index contributed by atoms with van der Waals surface area (Å²) in [5.74, 6) is -1.62. The first-order chi connectivity index (χ1) is 8.00. The monoisotopic (exact) mass is 299 g/mol. The summed E-state index contributed by atoms with van der Waals surface area (Å²) in [6.07, 6.45) is 0. The van der Waals surface area contributed by atoms with Crippen LogP contribution in [0, 0.1) is 5.82 Å². The molecule has 2 rings (SSSR count). The Morgan fingerprint density at radius 2 is 2.18 bits per heavy atom. The van der Waals surface area contributed by atoms with E-state index in [9.17, 15) is 9.18 Å². The lowest BCUT2D eigenvalue weighted by Gasteiger charge is -2.07. The summed E-state index contributed by atoms with van der Waals surface area (Å²) < 4.78 is 15.0. The quantitative estimate of drug-likeness (QED) is 0.858. The van der Waals surface area contributed by atoms with E-state index in [2.05, 4.69) is 26.0 Å². The van der Waals surface area contributed by atoms with Gasteiger partial charge >= 0.3 is 0 Å². The van der Waals surface area contributed by atoms with Crippen molar-refractivity contribution in [3.05, 3.63) is 34.3 Å². The number of carbonyl (C=O) groups is 1. The van der Waals surface area contributed by atoms with Crippen LogP contribution in [0.2, 0.25) is 0 Å². The molecule has 0 bridgehead atoms. The van der Waals surface area contributed by atoms with Gasteiger partial charge in [0.1, 0.15) is 11.4 Å². The van der Waals surface area contributed by atoms with Gasteiger partial charge in [-0.2, -0.15) is 4.98 Å². The van der Waals surface area contributed by atoms with Crippen LogP contribution in [0.15, 0.2) is 22.9 Å². The number of hydrogen-bond donors (Lipinski definition) is 2. The van der Waals surface area contributed by atoms with Gasteiger partial charge in [-0.15, -0.1) is 5.10 Å². The number of aromatic nitrogens is 3. The Kier molecular flexibility index (Phi) is 2.80. The Morgan fingerprint density at radius 1 is 1.47 bits per heavy atom.